The van der Waals surface area contributed by atoms with Crippen LogP contribution in [0, 0.1) is 0 Å². The highest BCUT2D eigenvalue weighted by Crippen LogP contribution is 2.19. The lowest BCUT2D eigenvalue weighted by Crippen LogP contribution is -2.46. The second-order valence-corrected chi connectivity index (χ2v) is 6.89. The number of carboxylic acids is 1. The monoisotopic (exact) mass is 357 g/mol. The van der Waals surface area contributed by atoms with E-state index in [2.05, 4.69) is 5.32 Å². The van der Waals surface area contributed by atoms with Gasteiger partial charge in [-0.15, -0.1) is 0 Å². The van der Waals surface area contributed by atoms with E-state index in [1.807, 2.05) is 0 Å². The van der Waals surface area contributed by atoms with Crippen molar-refractivity contribution in [2.24, 2.45) is 5.73 Å². The van der Waals surface area contributed by atoms with Crippen molar-refractivity contribution in [2.45, 2.75) is 24.8 Å². The Kier molecular flexibility index (Phi) is 6.43. The number of primary amides is 1. The Morgan fingerprint density at radius 2 is 1.79 bits per heavy atom. The van der Waals surface area contributed by atoms with Crippen LogP contribution in [-0.4, -0.2) is 54.7 Å². The minimum atomic E-state index is -4.14. The lowest BCUT2D eigenvalue weighted by atomic mass is 10.2. The molecule has 4 N–H and O–H groups in total. The van der Waals surface area contributed by atoms with Gasteiger partial charge in [0.1, 0.15) is 6.04 Å². The van der Waals surface area contributed by atoms with E-state index in [0.717, 1.165) is 4.31 Å². The molecule has 1 aromatic rings. The van der Waals surface area contributed by atoms with Gasteiger partial charge in [0.05, 0.1) is 4.90 Å². The van der Waals surface area contributed by atoms with Gasteiger partial charge in [0.15, 0.2) is 0 Å². The maximum absolute atomic E-state index is 12.7. The van der Waals surface area contributed by atoms with E-state index in [9.17, 15) is 22.8 Å². The number of nitrogens with zero attached hydrogens (tertiary/aromatic N) is 1. The summed E-state index contributed by atoms with van der Waals surface area (Å²) in [6.45, 7) is 2.24. The first kappa shape index (κ1) is 19.6. The van der Waals surface area contributed by atoms with Gasteiger partial charge < -0.3 is 16.2 Å². The fourth-order valence-electron chi connectivity index (χ4n) is 1.91. The third-order valence-electron chi connectivity index (χ3n) is 3.24. The maximum Gasteiger partial charge on any atom is 0.321 e. The van der Waals surface area contributed by atoms with E-state index in [1.54, 1.807) is 0 Å². The van der Waals surface area contributed by atoms with Crippen molar-refractivity contribution >= 4 is 27.8 Å². The summed E-state index contributed by atoms with van der Waals surface area (Å²) in [4.78, 5) is 33.0. The molecule has 0 bridgehead atoms. The molecule has 0 aliphatic carbocycles. The summed E-state index contributed by atoms with van der Waals surface area (Å²) in [6.07, 6.45) is 0. The van der Waals surface area contributed by atoms with Crippen LogP contribution < -0.4 is 11.1 Å². The number of hydrogen-bond acceptors (Lipinski definition) is 5. The fourth-order valence-corrected chi connectivity index (χ4v) is 3.50. The van der Waals surface area contributed by atoms with Crippen molar-refractivity contribution in [3.63, 3.8) is 0 Å². The van der Waals surface area contributed by atoms with Gasteiger partial charge in [0.25, 0.3) is 0 Å². The molecule has 1 aromatic carbocycles. The first-order valence-electron chi connectivity index (χ1n) is 6.96. The summed E-state index contributed by atoms with van der Waals surface area (Å²) < 4.78 is 26.1. The molecule has 10 heteroatoms. The van der Waals surface area contributed by atoms with Crippen LogP contribution in [0.1, 0.15) is 24.2 Å². The standard InChI is InChI=1S/C14H19N3O6S/c1-9(14(20)21)17(8-7-16-10(2)18)24(22,23)12-5-3-11(4-6-12)13(15)19/h3-6,9H,7-8H2,1-2H3,(H2,15,19)(H,16,18)(H,20,21). The molecule has 0 aliphatic rings. The van der Waals surface area contributed by atoms with Gasteiger partial charge in [0, 0.05) is 25.6 Å². The second-order valence-electron chi connectivity index (χ2n) is 5.00. The molecule has 0 saturated carbocycles. The number of aliphatic carboxylic acids is 1. The number of nitrogens with two attached hydrogens (primary N) is 1. The number of rotatable bonds is 8. The molecule has 24 heavy (non-hydrogen) atoms. The molecule has 1 atom stereocenters. The van der Waals surface area contributed by atoms with E-state index in [0.29, 0.717) is 0 Å². The number of benzene rings is 1. The molecule has 0 radical (unpaired) electrons. The highest BCUT2D eigenvalue weighted by Gasteiger charge is 2.32. The minimum absolute atomic E-state index is 0.0362. The Morgan fingerprint density at radius 1 is 1.25 bits per heavy atom. The predicted octanol–water partition coefficient (Wildman–Crippen LogP) is -0.615. The lowest BCUT2D eigenvalue weighted by Gasteiger charge is -2.25. The highest BCUT2D eigenvalue weighted by atomic mass is 32.2. The summed E-state index contributed by atoms with van der Waals surface area (Å²) in [6, 6.07) is 3.50. The van der Waals surface area contributed by atoms with E-state index in [-0.39, 0.29) is 29.5 Å². The Balaban J connectivity index is 3.15. The van der Waals surface area contributed by atoms with Crippen LogP contribution in [0.25, 0.3) is 0 Å². The Bertz CT molecular complexity index is 729. The van der Waals surface area contributed by atoms with Crippen LogP contribution in [0.4, 0.5) is 0 Å². The third-order valence-corrected chi connectivity index (χ3v) is 5.23. The van der Waals surface area contributed by atoms with Gasteiger partial charge in [0.2, 0.25) is 21.8 Å². The summed E-state index contributed by atoms with van der Waals surface area (Å²) >= 11 is 0. The molecular formula is C14H19N3O6S. The van der Waals surface area contributed by atoms with Crippen LogP contribution in [0.5, 0.6) is 0 Å². The van der Waals surface area contributed by atoms with E-state index in [4.69, 9.17) is 10.8 Å². The number of nitrogens with one attached hydrogen (secondary N) is 1. The molecule has 1 unspecified atom stereocenters. The fraction of sp³-hybridized carbons (Fsp3) is 0.357. The first-order chi connectivity index (χ1) is 11.1. The second kappa shape index (κ2) is 7.88. The number of sulfonamides is 1. The van der Waals surface area contributed by atoms with Crippen LogP contribution in [0.2, 0.25) is 0 Å². The van der Waals surface area contributed by atoms with Gasteiger partial charge in [-0.25, -0.2) is 8.42 Å². The van der Waals surface area contributed by atoms with Crippen LogP contribution in [-0.2, 0) is 19.6 Å². The first-order valence-corrected chi connectivity index (χ1v) is 8.40. The summed E-state index contributed by atoms with van der Waals surface area (Å²) in [5.74, 6) is -2.39. The van der Waals surface area contributed by atoms with Crippen molar-refractivity contribution in [1.82, 2.24) is 9.62 Å². The molecule has 0 saturated heterocycles. The third kappa shape index (κ3) is 4.77. The summed E-state index contributed by atoms with van der Waals surface area (Å²) in [5.41, 5.74) is 5.23. The zero-order chi connectivity index (χ0) is 18.5. The number of carbonyl (C=O) groups is 3. The van der Waals surface area contributed by atoms with E-state index >= 15 is 0 Å². The quantitative estimate of drug-likeness (QED) is 0.565. The van der Waals surface area contributed by atoms with Crippen molar-refractivity contribution in [1.29, 1.82) is 0 Å². The SMILES string of the molecule is CC(=O)NCCN(C(C)C(=O)O)S(=O)(=O)c1ccc(C(N)=O)cc1. The van der Waals surface area contributed by atoms with E-state index < -0.39 is 27.9 Å². The molecule has 132 valence electrons. The number of carboxylic acid groups (broad SMARTS) is 1. The molecule has 1 rings (SSSR count). The van der Waals surface area contributed by atoms with Gasteiger partial charge >= 0.3 is 5.97 Å². The van der Waals surface area contributed by atoms with Crippen LogP contribution in [0.15, 0.2) is 29.2 Å². The Labute approximate surface area is 139 Å². The van der Waals surface area contributed by atoms with Gasteiger partial charge in [-0.3, -0.25) is 14.4 Å². The maximum atomic E-state index is 12.7. The molecule has 9 nitrogen and oxygen atoms in total. The normalized spacial score (nSPS) is 12.6. The molecule has 0 heterocycles. The van der Waals surface area contributed by atoms with Crippen molar-refractivity contribution in [2.75, 3.05) is 13.1 Å². The number of hydrogen-bond donors (Lipinski definition) is 3. The van der Waals surface area contributed by atoms with Crippen molar-refractivity contribution in [3.8, 4) is 0 Å². The van der Waals surface area contributed by atoms with Crippen molar-refractivity contribution in [3.05, 3.63) is 29.8 Å². The largest absolute Gasteiger partial charge is 0.480 e. The van der Waals surface area contributed by atoms with E-state index in [1.165, 1.54) is 38.1 Å². The highest BCUT2D eigenvalue weighted by molar-refractivity contribution is 7.89. The van der Waals surface area contributed by atoms with Gasteiger partial charge in [-0.2, -0.15) is 4.31 Å². The zero-order valence-electron chi connectivity index (χ0n) is 13.2. The van der Waals surface area contributed by atoms with Gasteiger partial charge in [-0.05, 0) is 31.2 Å². The Morgan fingerprint density at radius 3 is 2.21 bits per heavy atom. The molecule has 2 amide bonds. The molecular weight excluding hydrogens is 338 g/mol. The smallest absolute Gasteiger partial charge is 0.321 e. The molecule has 0 fully saturated rings. The summed E-state index contributed by atoms with van der Waals surface area (Å²) in [5, 5.41) is 11.6. The molecule has 0 aliphatic heterocycles. The average Bonchev–Trinajstić information content (AvgIpc) is 2.50. The average molecular weight is 357 g/mol. The predicted molar refractivity (Wildman–Crippen MR) is 84.6 cm³/mol. The van der Waals surface area contributed by atoms with Crippen molar-refractivity contribution < 1.29 is 27.9 Å². The van der Waals surface area contributed by atoms with Gasteiger partial charge in [-0.1, -0.05) is 0 Å². The van der Waals surface area contributed by atoms with Crippen LogP contribution >= 0.6 is 0 Å². The van der Waals surface area contributed by atoms with Crippen LogP contribution in [0.3, 0.4) is 0 Å². The summed E-state index contributed by atoms with van der Waals surface area (Å²) in [7, 11) is -4.14. The topological polar surface area (TPSA) is 147 Å². The zero-order valence-corrected chi connectivity index (χ0v) is 14.0. The Hall–Kier alpha value is -2.46. The molecule has 0 spiro atoms. The number of amides is 2. The lowest BCUT2D eigenvalue weighted by molar-refractivity contribution is -0.140. The minimum Gasteiger partial charge on any atom is -0.480 e. The molecule has 0 aromatic heterocycles. The number of carbonyl (C=O) groups excluding carboxylic acids is 2.